The highest BCUT2D eigenvalue weighted by molar-refractivity contribution is 5.78. The predicted octanol–water partition coefficient (Wildman–Crippen LogP) is 1.06. The van der Waals surface area contributed by atoms with Gasteiger partial charge in [0.25, 0.3) is 0 Å². The molecule has 26 heavy (non-hydrogen) atoms. The van der Waals surface area contributed by atoms with Crippen LogP contribution < -0.4 is 0 Å². The Labute approximate surface area is 155 Å². The minimum atomic E-state index is -0.00483. The number of amides is 2. The quantitative estimate of drug-likeness (QED) is 0.821. The number of aliphatic hydroxyl groups excluding tert-OH is 1. The van der Waals surface area contributed by atoms with E-state index in [4.69, 9.17) is 0 Å². The number of piperidine rings is 2. The molecule has 1 spiro atoms. The van der Waals surface area contributed by atoms with Gasteiger partial charge in [-0.1, -0.05) is 6.92 Å². The van der Waals surface area contributed by atoms with Gasteiger partial charge in [-0.3, -0.25) is 9.59 Å². The van der Waals surface area contributed by atoms with Crippen LogP contribution in [0.2, 0.25) is 0 Å². The normalized spacial score (nSPS) is 23.7. The van der Waals surface area contributed by atoms with E-state index in [0.29, 0.717) is 32.5 Å². The number of rotatable bonds is 6. The van der Waals surface area contributed by atoms with Crippen molar-refractivity contribution in [2.45, 2.75) is 52.0 Å². The molecular weight excluding hydrogens is 332 g/mol. The van der Waals surface area contributed by atoms with Crippen molar-refractivity contribution in [3.63, 3.8) is 0 Å². The van der Waals surface area contributed by atoms with E-state index in [2.05, 4.69) is 16.5 Å². The third-order valence-electron chi connectivity index (χ3n) is 5.82. The fourth-order valence-electron chi connectivity index (χ4n) is 4.41. The lowest BCUT2D eigenvalue weighted by Gasteiger charge is -2.48. The monoisotopic (exact) mass is 362 g/mol. The summed E-state index contributed by atoms with van der Waals surface area (Å²) in [6.07, 6.45) is 8.47. The lowest BCUT2D eigenvalue weighted by molar-refractivity contribution is -0.143. The summed E-state index contributed by atoms with van der Waals surface area (Å²) < 4.78 is 2.06. The molecular formula is C19H30N4O3. The molecule has 2 saturated heterocycles. The van der Waals surface area contributed by atoms with E-state index in [0.717, 1.165) is 44.6 Å². The summed E-state index contributed by atoms with van der Waals surface area (Å²) in [5.74, 6) is 1.32. The van der Waals surface area contributed by atoms with Crippen LogP contribution in [0.15, 0.2) is 12.4 Å². The maximum absolute atomic E-state index is 12.8. The summed E-state index contributed by atoms with van der Waals surface area (Å²) in [7, 11) is 0. The lowest BCUT2D eigenvalue weighted by atomic mass is 9.73. The Morgan fingerprint density at radius 1 is 1.31 bits per heavy atom. The van der Waals surface area contributed by atoms with Crippen LogP contribution in [-0.4, -0.2) is 69.1 Å². The fraction of sp³-hybridized carbons (Fsp3) is 0.737. The second-order valence-electron chi connectivity index (χ2n) is 7.60. The number of likely N-dealkylation sites (tertiary alicyclic amines) is 2. The molecule has 2 amide bonds. The summed E-state index contributed by atoms with van der Waals surface area (Å²) in [4.78, 5) is 32.9. The Bertz CT molecular complexity index is 644. The zero-order valence-electron chi connectivity index (χ0n) is 15.7. The molecule has 3 rings (SSSR count). The summed E-state index contributed by atoms with van der Waals surface area (Å²) in [6.45, 7) is 5.32. The van der Waals surface area contributed by atoms with Crippen molar-refractivity contribution in [1.29, 1.82) is 0 Å². The predicted molar refractivity (Wildman–Crippen MR) is 97.4 cm³/mol. The molecule has 0 saturated carbocycles. The SMILES string of the molecule is CCc1nccn1CCC(=O)N1CCC[C@]2(CCC(=O)N(CCO)C2)C1. The summed E-state index contributed by atoms with van der Waals surface area (Å²) in [5.41, 5.74) is 0.000570. The second kappa shape index (κ2) is 8.20. The molecule has 2 fully saturated rings. The highest BCUT2D eigenvalue weighted by Crippen LogP contribution is 2.38. The number of aromatic nitrogens is 2. The van der Waals surface area contributed by atoms with Crippen LogP contribution in [0.5, 0.6) is 0 Å². The van der Waals surface area contributed by atoms with Crippen LogP contribution in [-0.2, 0) is 22.6 Å². The van der Waals surface area contributed by atoms with Crippen LogP contribution in [0.4, 0.5) is 0 Å². The van der Waals surface area contributed by atoms with Crippen molar-refractivity contribution in [2.24, 2.45) is 5.41 Å². The number of hydrogen-bond donors (Lipinski definition) is 1. The number of aliphatic hydroxyl groups is 1. The zero-order chi connectivity index (χ0) is 18.6. The molecule has 0 aliphatic carbocycles. The van der Waals surface area contributed by atoms with Crippen molar-refractivity contribution in [2.75, 3.05) is 32.8 Å². The van der Waals surface area contributed by atoms with Gasteiger partial charge in [0, 0.05) is 69.8 Å². The molecule has 2 aliphatic rings. The first kappa shape index (κ1) is 18.9. The van der Waals surface area contributed by atoms with E-state index in [-0.39, 0.29) is 23.8 Å². The standard InChI is InChI=1S/C19H30N4O3/c1-2-16-20-8-11-21(16)10-5-18(26)22-9-3-6-19(14-22)7-4-17(25)23(15-19)12-13-24/h8,11,24H,2-7,9-10,12-15H2,1H3/t19-/m0/s1. The number of imidazole rings is 1. The fourth-order valence-corrected chi connectivity index (χ4v) is 4.41. The minimum absolute atomic E-state index is 0.000570. The molecule has 1 atom stereocenters. The summed E-state index contributed by atoms with van der Waals surface area (Å²) in [5, 5.41) is 9.20. The highest BCUT2D eigenvalue weighted by Gasteiger charge is 2.42. The average Bonchev–Trinajstić information content (AvgIpc) is 3.11. The van der Waals surface area contributed by atoms with Gasteiger partial charge in [-0.2, -0.15) is 0 Å². The van der Waals surface area contributed by atoms with Gasteiger partial charge in [-0.15, -0.1) is 0 Å². The molecule has 7 heteroatoms. The van der Waals surface area contributed by atoms with E-state index in [9.17, 15) is 14.7 Å². The average molecular weight is 362 g/mol. The van der Waals surface area contributed by atoms with Crippen LogP contribution in [0.25, 0.3) is 0 Å². The van der Waals surface area contributed by atoms with Crippen molar-refractivity contribution in [1.82, 2.24) is 19.4 Å². The number of hydrogen-bond acceptors (Lipinski definition) is 4. The molecule has 1 aromatic heterocycles. The van der Waals surface area contributed by atoms with E-state index < -0.39 is 0 Å². The zero-order valence-corrected chi connectivity index (χ0v) is 15.7. The number of carbonyl (C=O) groups is 2. The first-order valence-corrected chi connectivity index (χ1v) is 9.73. The third kappa shape index (κ3) is 4.09. The van der Waals surface area contributed by atoms with Gasteiger partial charge in [0.1, 0.15) is 5.82 Å². The van der Waals surface area contributed by atoms with E-state index >= 15 is 0 Å². The summed E-state index contributed by atoms with van der Waals surface area (Å²) in [6, 6.07) is 0. The number of aryl methyl sites for hydroxylation is 2. The molecule has 0 unspecified atom stereocenters. The molecule has 3 heterocycles. The van der Waals surface area contributed by atoms with Gasteiger partial charge in [-0.25, -0.2) is 4.98 Å². The first-order chi connectivity index (χ1) is 12.6. The molecule has 1 aromatic rings. The Balaban J connectivity index is 1.59. The Morgan fingerprint density at radius 3 is 2.92 bits per heavy atom. The topological polar surface area (TPSA) is 78.7 Å². The maximum Gasteiger partial charge on any atom is 0.224 e. The van der Waals surface area contributed by atoms with E-state index in [1.807, 2.05) is 11.1 Å². The largest absolute Gasteiger partial charge is 0.395 e. The Hall–Kier alpha value is -1.89. The van der Waals surface area contributed by atoms with Gasteiger partial charge in [0.15, 0.2) is 0 Å². The third-order valence-corrected chi connectivity index (χ3v) is 5.82. The molecule has 144 valence electrons. The Morgan fingerprint density at radius 2 is 2.15 bits per heavy atom. The van der Waals surface area contributed by atoms with Crippen LogP contribution in [0.3, 0.4) is 0 Å². The van der Waals surface area contributed by atoms with Crippen LogP contribution in [0.1, 0.15) is 44.9 Å². The maximum atomic E-state index is 12.8. The number of β-amino-alcohol motifs (C(OH)–C–C–N with tert-alkyl or cyclic N) is 1. The molecule has 0 radical (unpaired) electrons. The van der Waals surface area contributed by atoms with Crippen molar-refractivity contribution in [3.8, 4) is 0 Å². The van der Waals surface area contributed by atoms with Crippen LogP contribution in [0, 0.1) is 5.41 Å². The van der Waals surface area contributed by atoms with E-state index in [1.165, 1.54) is 0 Å². The minimum Gasteiger partial charge on any atom is -0.395 e. The molecule has 7 nitrogen and oxygen atoms in total. The molecule has 2 aliphatic heterocycles. The van der Waals surface area contributed by atoms with Gasteiger partial charge in [0.05, 0.1) is 6.61 Å². The van der Waals surface area contributed by atoms with Crippen molar-refractivity contribution < 1.29 is 14.7 Å². The smallest absolute Gasteiger partial charge is 0.224 e. The highest BCUT2D eigenvalue weighted by atomic mass is 16.3. The molecule has 0 aromatic carbocycles. The first-order valence-electron chi connectivity index (χ1n) is 9.73. The van der Waals surface area contributed by atoms with Gasteiger partial charge in [-0.05, 0) is 19.3 Å². The van der Waals surface area contributed by atoms with E-state index in [1.54, 1.807) is 11.1 Å². The number of carbonyl (C=O) groups excluding carboxylic acids is 2. The Kier molecular flexibility index (Phi) is 5.96. The van der Waals surface area contributed by atoms with Gasteiger partial charge >= 0.3 is 0 Å². The lowest BCUT2D eigenvalue weighted by Crippen LogP contribution is -2.55. The summed E-state index contributed by atoms with van der Waals surface area (Å²) >= 11 is 0. The molecule has 0 bridgehead atoms. The van der Waals surface area contributed by atoms with Gasteiger partial charge in [0.2, 0.25) is 11.8 Å². The van der Waals surface area contributed by atoms with Gasteiger partial charge < -0.3 is 19.5 Å². The molecule has 1 N–H and O–H groups in total. The van der Waals surface area contributed by atoms with Crippen LogP contribution >= 0.6 is 0 Å². The number of nitrogens with zero attached hydrogens (tertiary/aromatic N) is 4. The van der Waals surface area contributed by atoms with Crippen molar-refractivity contribution >= 4 is 11.8 Å². The second-order valence-corrected chi connectivity index (χ2v) is 7.60. The van der Waals surface area contributed by atoms with Crippen molar-refractivity contribution in [3.05, 3.63) is 18.2 Å².